The van der Waals surface area contributed by atoms with Gasteiger partial charge in [0, 0.05) is 4.90 Å². The molecule has 5 heteroatoms. The average Bonchev–Trinajstić information content (AvgIpc) is 2.46. The molecule has 0 spiro atoms. The molecule has 1 atom stereocenters. The number of carbonyl (C=O) groups is 1. The Morgan fingerprint density at radius 1 is 1.00 bits per heavy atom. The van der Waals surface area contributed by atoms with Crippen molar-refractivity contribution >= 4 is 16.8 Å². The lowest BCUT2D eigenvalue weighted by Gasteiger charge is -2.09. The van der Waals surface area contributed by atoms with Crippen molar-refractivity contribution in [2.24, 2.45) is 0 Å². The molecule has 19 heavy (non-hydrogen) atoms. The lowest BCUT2D eigenvalue weighted by atomic mass is 10.2. The molecule has 98 valence electrons. The molecule has 0 saturated heterocycles. The van der Waals surface area contributed by atoms with Gasteiger partial charge in [0.1, 0.15) is 0 Å². The van der Waals surface area contributed by atoms with E-state index in [9.17, 15) is 14.1 Å². The van der Waals surface area contributed by atoms with Crippen molar-refractivity contribution in [3.63, 3.8) is 0 Å². The van der Waals surface area contributed by atoms with E-state index in [1.807, 2.05) is 0 Å². The summed E-state index contributed by atoms with van der Waals surface area (Å²) in [6.07, 6.45) is 0. The van der Waals surface area contributed by atoms with Crippen molar-refractivity contribution in [3.05, 3.63) is 59.7 Å². The number of carboxylic acids is 1. The van der Waals surface area contributed by atoms with Gasteiger partial charge in [-0.2, -0.15) is 0 Å². The van der Waals surface area contributed by atoms with Gasteiger partial charge in [0.05, 0.1) is 27.9 Å². The van der Waals surface area contributed by atoms with E-state index in [1.165, 1.54) is 12.1 Å². The van der Waals surface area contributed by atoms with E-state index in [4.69, 9.17) is 5.11 Å². The second-order valence-electron chi connectivity index (χ2n) is 3.84. The molecule has 0 amide bonds. The molecule has 2 aromatic carbocycles. The molecule has 0 aliphatic carbocycles. The summed E-state index contributed by atoms with van der Waals surface area (Å²) in [6, 6.07) is 12.9. The van der Waals surface area contributed by atoms with Gasteiger partial charge in [0.2, 0.25) is 0 Å². The molecular weight excluding hydrogens is 264 g/mol. The van der Waals surface area contributed by atoms with E-state index in [0.717, 1.165) is 0 Å². The average molecular weight is 276 g/mol. The van der Waals surface area contributed by atoms with Crippen molar-refractivity contribution in [1.29, 1.82) is 0 Å². The monoisotopic (exact) mass is 276 g/mol. The van der Waals surface area contributed by atoms with Crippen LogP contribution in [0.3, 0.4) is 0 Å². The SMILES string of the molecule is O=C(O)c1ccccc1S(=O)c1ccccc1CO. The fourth-order valence-electron chi connectivity index (χ4n) is 1.74. The van der Waals surface area contributed by atoms with Crippen LogP contribution in [0.25, 0.3) is 0 Å². The zero-order valence-corrected chi connectivity index (χ0v) is 10.8. The van der Waals surface area contributed by atoms with Crippen molar-refractivity contribution in [2.75, 3.05) is 0 Å². The number of aliphatic hydroxyl groups is 1. The molecule has 0 aliphatic heterocycles. The molecule has 1 unspecified atom stereocenters. The molecule has 0 radical (unpaired) electrons. The fraction of sp³-hybridized carbons (Fsp3) is 0.0714. The number of aliphatic hydroxyl groups excluding tert-OH is 1. The zero-order valence-electron chi connectivity index (χ0n) is 9.95. The van der Waals surface area contributed by atoms with Crippen LogP contribution >= 0.6 is 0 Å². The van der Waals surface area contributed by atoms with Gasteiger partial charge in [-0.25, -0.2) is 9.00 Å². The summed E-state index contributed by atoms with van der Waals surface area (Å²) in [5.74, 6) is -1.12. The van der Waals surface area contributed by atoms with Crippen molar-refractivity contribution in [2.45, 2.75) is 16.4 Å². The first-order valence-corrected chi connectivity index (χ1v) is 6.73. The summed E-state index contributed by atoms with van der Waals surface area (Å²) in [7, 11) is -1.63. The molecule has 2 rings (SSSR count). The minimum atomic E-state index is -1.63. The van der Waals surface area contributed by atoms with Gasteiger partial charge in [-0.15, -0.1) is 0 Å². The van der Waals surface area contributed by atoms with Crippen molar-refractivity contribution < 1.29 is 19.2 Å². The maximum Gasteiger partial charge on any atom is 0.336 e. The lowest BCUT2D eigenvalue weighted by molar-refractivity contribution is 0.0693. The summed E-state index contributed by atoms with van der Waals surface area (Å²) in [4.78, 5) is 11.8. The third kappa shape index (κ3) is 2.72. The molecular formula is C14H12O4S. The van der Waals surface area contributed by atoms with Gasteiger partial charge in [-0.3, -0.25) is 0 Å². The summed E-state index contributed by atoms with van der Waals surface area (Å²) >= 11 is 0. The Morgan fingerprint density at radius 3 is 2.21 bits per heavy atom. The first kappa shape index (κ1) is 13.5. The van der Waals surface area contributed by atoms with Crippen LogP contribution in [0.4, 0.5) is 0 Å². The normalized spacial score (nSPS) is 12.1. The van der Waals surface area contributed by atoms with Gasteiger partial charge in [-0.1, -0.05) is 30.3 Å². The van der Waals surface area contributed by atoms with Gasteiger partial charge in [-0.05, 0) is 23.8 Å². The zero-order chi connectivity index (χ0) is 13.8. The highest BCUT2D eigenvalue weighted by atomic mass is 32.2. The number of benzene rings is 2. The van der Waals surface area contributed by atoms with Crippen LogP contribution < -0.4 is 0 Å². The van der Waals surface area contributed by atoms with Gasteiger partial charge in [0.15, 0.2) is 0 Å². The van der Waals surface area contributed by atoms with Crippen LogP contribution in [0.15, 0.2) is 58.3 Å². The second-order valence-corrected chi connectivity index (χ2v) is 5.25. The minimum absolute atomic E-state index is 0.00794. The van der Waals surface area contributed by atoms with E-state index < -0.39 is 16.8 Å². The summed E-state index contributed by atoms with van der Waals surface area (Å²) in [6.45, 7) is -0.239. The maximum atomic E-state index is 12.5. The Labute approximate surface area is 112 Å². The van der Waals surface area contributed by atoms with E-state index >= 15 is 0 Å². The number of hydrogen-bond acceptors (Lipinski definition) is 3. The number of rotatable bonds is 4. The molecule has 0 heterocycles. The number of carboxylic acid groups (broad SMARTS) is 1. The van der Waals surface area contributed by atoms with Crippen LogP contribution in [0, 0.1) is 0 Å². The Balaban J connectivity index is 2.53. The fourth-order valence-corrected chi connectivity index (χ4v) is 3.11. The smallest absolute Gasteiger partial charge is 0.336 e. The van der Waals surface area contributed by atoms with E-state index in [0.29, 0.717) is 10.5 Å². The van der Waals surface area contributed by atoms with Gasteiger partial charge in [0.25, 0.3) is 0 Å². The summed E-state index contributed by atoms with van der Waals surface area (Å²) in [5, 5.41) is 18.3. The topological polar surface area (TPSA) is 74.6 Å². The highest BCUT2D eigenvalue weighted by Crippen LogP contribution is 2.23. The third-order valence-electron chi connectivity index (χ3n) is 2.66. The van der Waals surface area contributed by atoms with E-state index in [-0.39, 0.29) is 17.1 Å². The predicted molar refractivity (Wildman–Crippen MR) is 70.4 cm³/mol. The Bertz CT molecular complexity index is 637. The van der Waals surface area contributed by atoms with Crippen LogP contribution in [0.2, 0.25) is 0 Å². The first-order valence-electron chi connectivity index (χ1n) is 5.58. The van der Waals surface area contributed by atoms with Gasteiger partial charge < -0.3 is 10.2 Å². The predicted octanol–water partition coefficient (Wildman–Crippen LogP) is 2.04. The first-order chi connectivity index (χ1) is 9.15. The third-order valence-corrected chi connectivity index (χ3v) is 4.21. The quantitative estimate of drug-likeness (QED) is 0.896. The molecule has 2 N–H and O–H groups in total. The lowest BCUT2D eigenvalue weighted by Crippen LogP contribution is -2.06. The minimum Gasteiger partial charge on any atom is -0.478 e. The van der Waals surface area contributed by atoms with Gasteiger partial charge >= 0.3 is 5.97 Å². The second kappa shape index (κ2) is 5.77. The summed E-state index contributed by atoms with van der Waals surface area (Å²) < 4.78 is 12.5. The Kier molecular flexibility index (Phi) is 4.09. The maximum absolute atomic E-state index is 12.5. The number of hydrogen-bond donors (Lipinski definition) is 2. The molecule has 0 aliphatic rings. The molecule has 0 saturated carbocycles. The van der Waals surface area contributed by atoms with Crippen LogP contribution in [0.1, 0.15) is 15.9 Å². The van der Waals surface area contributed by atoms with Crippen molar-refractivity contribution in [1.82, 2.24) is 0 Å². The van der Waals surface area contributed by atoms with E-state index in [1.54, 1.807) is 36.4 Å². The van der Waals surface area contributed by atoms with Crippen LogP contribution in [-0.4, -0.2) is 20.4 Å². The molecule has 2 aromatic rings. The Morgan fingerprint density at radius 2 is 1.58 bits per heavy atom. The van der Waals surface area contributed by atoms with Crippen molar-refractivity contribution in [3.8, 4) is 0 Å². The Hall–Kier alpha value is -1.98. The van der Waals surface area contributed by atoms with Crippen LogP contribution in [-0.2, 0) is 17.4 Å². The molecule has 0 bridgehead atoms. The van der Waals surface area contributed by atoms with E-state index in [2.05, 4.69) is 0 Å². The number of aromatic carboxylic acids is 1. The highest BCUT2D eigenvalue weighted by Gasteiger charge is 2.17. The standard InChI is InChI=1S/C14H12O4S/c15-9-10-5-1-3-7-12(10)19(18)13-8-4-2-6-11(13)14(16)17/h1-8,15H,9H2,(H,16,17). The summed E-state index contributed by atoms with van der Waals surface area (Å²) in [5.41, 5.74) is 0.537. The van der Waals surface area contributed by atoms with Crippen LogP contribution in [0.5, 0.6) is 0 Å². The molecule has 0 aromatic heterocycles. The molecule has 4 nitrogen and oxygen atoms in total. The molecule has 0 fully saturated rings. The largest absolute Gasteiger partial charge is 0.478 e. The highest BCUT2D eigenvalue weighted by molar-refractivity contribution is 7.85.